The molecule has 0 saturated heterocycles. The van der Waals surface area contributed by atoms with Crippen molar-refractivity contribution in [3.8, 4) is 0 Å². The quantitative estimate of drug-likeness (QED) is 0.805. The Morgan fingerprint density at radius 1 is 1.37 bits per heavy atom. The molecule has 0 aliphatic carbocycles. The van der Waals surface area contributed by atoms with Gasteiger partial charge in [-0.3, -0.25) is 0 Å². The Bertz CT molecular complexity index is 398. The summed E-state index contributed by atoms with van der Waals surface area (Å²) >= 11 is 3.53. The van der Waals surface area contributed by atoms with Crippen LogP contribution in [0, 0.1) is 0 Å². The van der Waals surface area contributed by atoms with E-state index in [1.807, 2.05) is 14.0 Å². The molecule has 0 aliphatic heterocycles. The number of halogens is 1. The highest BCUT2D eigenvalue weighted by atomic mass is 79.9. The number of hydrogen-bond donors (Lipinski definition) is 2. The molecule has 108 valence electrons. The van der Waals surface area contributed by atoms with Crippen molar-refractivity contribution in [2.24, 2.45) is 0 Å². The SMILES string of the molecule is CCCNC(C)c1ccc(Br)cc1N(C)C(C)CO. The minimum Gasteiger partial charge on any atom is -0.394 e. The van der Waals surface area contributed by atoms with Gasteiger partial charge in [0.25, 0.3) is 0 Å². The molecule has 0 fully saturated rings. The number of benzene rings is 1. The number of likely N-dealkylation sites (N-methyl/N-ethyl adjacent to an activating group) is 1. The van der Waals surface area contributed by atoms with E-state index in [2.05, 4.69) is 58.2 Å². The smallest absolute Gasteiger partial charge is 0.0632 e. The Hall–Kier alpha value is -0.580. The molecule has 19 heavy (non-hydrogen) atoms. The third-order valence-corrected chi connectivity index (χ3v) is 3.96. The van der Waals surface area contributed by atoms with Gasteiger partial charge < -0.3 is 15.3 Å². The second kappa shape index (κ2) is 7.88. The molecular weight excluding hydrogens is 304 g/mol. The molecular formula is C15H25BrN2O. The van der Waals surface area contributed by atoms with Gasteiger partial charge >= 0.3 is 0 Å². The van der Waals surface area contributed by atoms with Gasteiger partial charge in [0.1, 0.15) is 0 Å². The van der Waals surface area contributed by atoms with Gasteiger partial charge in [-0.15, -0.1) is 0 Å². The average molecular weight is 329 g/mol. The number of aliphatic hydroxyl groups excluding tert-OH is 1. The third kappa shape index (κ3) is 4.48. The maximum absolute atomic E-state index is 9.34. The monoisotopic (exact) mass is 328 g/mol. The summed E-state index contributed by atoms with van der Waals surface area (Å²) in [5.74, 6) is 0. The van der Waals surface area contributed by atoms with Gasteiger partial charge in [0.05, 0.1) is 6.61 Å². The average Bonchev–Trinajstić information content (AvgIpc) is 2.42. The first kappa shape index (κ1) is 16.5. The Morgan fingerprint density at radius 2 is 2.05 bits per heavy atom. The predicted octanol–water partition coefficient (Wildman–Crippen LogP) is 3.33. The van der Waals surface area contributed by atoms with Crippen molar-refractivity contribution in [1.82, 2.24) is 5.32 Å². The summed E-state index contributed by atoms with van der Waals surface area (Å²) in [6.45, 7) is 7.53. The van der Waals surface area contributed by atoms with Gasteiger partial charge in [-0.05, 0) is 44.5 Å². The van der Waals surface area contributed by atoms with Crippen LogP contribution in [0.4, 0.5) is 5.69 Å². The Labute approximate surface area is 125 Å². The van der Waals surface area contributed by atoms with Gasteiger partial charge in [-0.2, -0.15) is 0 Å². The van der Waals surface area contributed by atoms with Gasteiger partial charge in [-0.25, -0.2) is 0 Å². The van der Waals surface area contributed by atoms with Gasteiger partial charge in [0.2, 0.25) is 0 Å². The van der Waals surface area contributed by atoms with E-state index >= 15 is 0 Å². The molecule has 1 aromatic carbocycles. The summed E-state index contributed by atoms with van der Waals surface area (Å²) in [5.41, 5.74) is 2.42. The van der Waals surface area contributed by atoms with Crippen LogP contribution in [0.3, 0.4) is 0 Å². The Morgan fingerprint density at radius 3 is 2.63 bits per heavy atom. The molecule has 4 heteroatoms. The number of aliphatic hydroxyl groups is 1. The largest absolute Gasteiger partial charge is 0.394 e. The first-order valence-electron chi connectivity index (χ1n) is 6.87. The van der Waals surface area contributed by atoms with Crippen molar-refractivity contribution in [3.63, 3.8) is 0 Å². The summed E-state index contributed by atoms with van der Waals surface area (Å²) in [7, 11) is 2.03. The van der Waals surface area contributed by atoms with E-state index in [9.17, 15) is 5.11 Å². The molecule has 2 unspecified atom stereocenters. The molecule has 0 saturated carbocycles. The van der Waals surface area contributed by atoms with Crippen LogP contribution in [0.5, 0.6) is 0 Å². The molecule has 1 aromatic rings. The highest BCUT2D eigenvalue weighted by Crippen LogP contribution is 2.30. The molecule has 3 nitrogen and oxygen atoms in total. The topological polar surface area (TPSA) is 35.5 Å². The Kier molecular flexibility index (Phi) is 6.83. The minimum absolute atomic E-state index is 0.103. The molecule has 0 aliphatic rings. The Balaban J connectivity index is 3.03. The van der Waals surface area contributed by atoms with E-state index < -0.39 is 0 Å². The van der Waals surface area contributed by atoms with Crippen LogP contribution in [0.25, 0.3) is 0 Å². The minimum atomic E-state index is 0.103. The number of hydrogen-bond acceptors (Lipinski definition) is 3. The summed E-state index contributed by atoms with van der Waals surface area (Å²) in [4.78, 5) is 2.13. The zero-order chi connectivity index (χ0) is 14.4. The van der Waals surface area contributed by atoms with Gasteiger partial charge in [-0.1, -0.05) is 28.9 Å². The highest BCUT2D eigenvalue weighted by Gasteiger charge is 2.16. The molecule has 0 heterocycles. The standard InChI is InChI=1S/C15H25BrN2O/c1-5-8-17-12(3)14-7-6-13(16)9-15(14)18(4)11(2)10-19/h6-7,9,11-12,17,19H,5,8,10H2,1-4H3. The maximum Gasteiger partial charge on any atom is 0.0632 e. The summed E-state index contributed by atoms with van der Waals surface area (Å²) in [6, 6.07) is 6.74. The van der Waals surface area contributed by atoms with Gasteiger partial charge in [0.15, 0.2) is 0 Å². The first-order chi connectivity index (χ1) is 9.01. The van der Waals surface area contributed by atoms with Crippen LogP contribution in [0.1, 0.15) is 38.8 Å². The molecule has 0 bridgehead atoms. The summed E-state index contributed by atoms with van der Waals surface area (Å²) < 4.78 is 1.06. The van der Waals surface area contributed by atoms with E-state index in [0.717, 1.165) is 23.1 Å². The van der Waals surface area contributed by atoms with E-state index in [-0.39, 0.29) is 12.6 Å². The normalized spacial score (nSPS) is 14.2. The van der Waals surface area contributed by atoms with Gasteiger partial charge in [0, 0.05) is 29.3 Å². The van der Waals surface area contributed by atoms with Crippen molar-refractivity contribution >= 4 is 21.6 Å². The molecule has 0 aromatic heterocycles. The molecule has 1 rings (SSSR count). The number of rotatable bonds is 7. The highest BCUT2D eigenvalue weighted by molar-refractivity contribution is 9.10. The fourth-order valence-corrected chi connectivity index (χ4v) is 2.37. The van der Waals surface area contributed by atoms with Crippen LogP contribution in [0.2, 0.25) is 0 Å². The predicted molar refractivity (Wildman–Crippen MR) is 85.8 cm³/mol. The van der Waals surface area contributed by atoms with Crippen LogP contribution < -0.4 is 10.2 Å². The maximum atomic E-state index is 9.34. The van der Waals surface area contributed by atoms with Crippen molar-refractivity contribution in [1.29, 1.82) is 0 Å². The lowest BCUT2D eigenvalue weighted by molar-refractivity contribution is 0.270. The van der Waals surface area contributed by atoms with Crippen molar-refractivity contribution in [3.05, 3.63) is 28.2 Å². The van der Waals surface area contributed by atoms with Crippen LogP contribution >= 0.6 is 15.9 Å². The lowest BCUT2D eigenvalue weighted by Crippen LogP contribution is -2.33. The van der Waals surface area contributed by atoms with Crippen molar-refractivity contribution < 1.29 is 5.11 Å². The lowest BCUT2D eigenvalue weighted by Gasteiger charge is -2.30. The van der Waals surface area contributed by atoms with Crippen molar-refractivity contribution in [2.45, 2.75) is 39.3 Å². The second-order valence-corrected chi connectivity index (χ2v) is 5.94. The zero-order valence-electron chi connectivity index (χ0n) is 12.3. The molecule has 2 N–H and O–H groups in total. The van der Waals surface area contributed by atoms with Crippen molar-refractivity contribution in [2.75, 3.05) is 25.1 Å². The fraction of sp³-hybridized carbons (Fsp3) is 0.600. The second-order valence-electron chi connectivity index (χ2n) is 5.02. The number of anilines is 1. The zero-order valence-corrected chi connectivity index (χ0v) is 13.9. The molecule has 2 atom stereocenters. The molecule has 0 amide bonds. The first-order valence-corrected chi connectivity index (χ1v) is 7.67. The third-order valence-electron chi connectivity index (χ3n) is 3.46. The van der Waals surface area contributed by atoms with Crippen LogP contribution in [0.15, 0.2) is 22.7 Å². The summed E-state index contributed by atoms with van der Waals surface area (Å²) in [6.07, 6.45) is 1.12. The molecule has 0 spiro atoms. The van der Waals surface area contributed by atoms with Crippen LogP contribution in [-0.4, -0.2) is 31.3 Å². The van der Waals surface area contributed by atoms with E-state index in [1.165, 1.54) is 5.56 Å². The lowest BCUT2D eigenvalue weighted by atomic mass is 10.0. The fourth-order valence-electron chi connectivity index (χ4n) is 2.02. The molecule has 0 radical (unpaired) electrons. The number of nitrogens with one attached hydrogen (secondary N) is 1. The van der Waals surface area contributed by atoms with E-state index in [1.54, 1.807) is 0 Å². The van der Waals surface area contributed by atoms with E-state index in [4.69, 9.17) is 0 Å². The summed E-state index contributed by atoms with van der Waals surface area (Å²) in [5, 5.41) is 12.9. The van der Waals surface area contributed by atoms with Crippen LogP contribution in [-0.2, 0) is 0 Å². The van der Waals surface area contributed by atoms with E-state index in [0.29, 0.717) is 6.04 Å². The number of nitrogens with zero attached hydrogens (tertiary/aromatic N) is 1.